The van der Waals surface area contributed by atoms with Gasteiger partial charge in [0.05, 0.1) is 28.8 Å². The first kappa shape index (κ1) is 18.9. The molecule has 0 atom stereocenters. The first-order valence-corrected chi connectivity index (χ1v) is 9.20. The van der Waals surface area contributed by atoms with Gasteiger partial charge >= 0.3 is 5.97 Å². The number of esters is 1. The molecule has 0 aliphatic carbocycles. The van der Waals surface area contributed by atoms with Crippen LogP contribution in [0.25, 0.3) is 16.6 Å². The molecule has 4 rings (SSSR count). The van der Waals surface area contributed by atoms with Gasteiger partial charge in [-0.1, -0.05) is 0 Å². The third kappa shape index (κ3) is 3.01. The van der Waals surface area contributed by atoms with Crippen LogP contribution in [0.2, 0.25) is 0 Å². The Hall–Kier alpha value is -3.39. The van der Waals surface area contributed by atoms with E-state index in [-0.39, 0.29) is 24.8 Å². The van der Waals surface area contributed by atoms with Gasteiger partial charge in [-0.2, -0.15) is 0 Å². The van der Waals surface area contributed by atoms with Crippen molar-refractivity contribution in [1.29, 1.82) is 0 Å². The van der Waals surface area contributed by atoms with E-state index < -0.39 is 12.6 Å². The summed E-state index contributed by atoms with van der Waals surface area (Å²) in [7, 11) is 0. The second-order valence-electron chi connectivity index (χ2n) is 6.67. The Bertz CT molecular complexity index is 1200. The molecule has 2 heterocycles. The third-order valence-electron chi connectivity index (χ3n) is 4.91. The van der Waals surface area contributed by atoms with Crippen molar-refractivity contribution in [2.45, 2.75) is 27.4 Å². The minimum atomic E-state index is -0.482. The molecule has 1 N–H and O–H groups in total. The van der Waals surface area contributed by atoms with Gasteiger partial charge in [0.25, 0.3) is 5.56 Å². The Labute approximate surface area is 166 Å². The third-order valence-corrected chi connectivity index (χ3v) is 4.91. The highest BCUT2D eigenvalue weighted by Gasteiger charge is 2.22. The van der Waals surface area contributed by atoms with E-state index in [9.17, 15) is 14.7 Å². The summed E-state index contributed by atoms with van der Waals surface area (Å²) in [5, 5.41) is 10.2. The number of benzene rings is 2. The summed E-state index contributed by atoms with van der Waals surface area (Å²) < 4.78 is 17.2. The van der Waals surface area contributed by atoms with Gasteiger partial charge in [0.1, 0.15) is 12.4 Å². The molecule has 0 saturated carbocycles. The SMILES string of the molecule is CCOC(=O)c1c(C)cc2nc(CO)n(-c3ccc4c(c3)OCO4)c(=O)c2c1C. The fraction of sp³-hybridized carbons (Fsp3) is 0.286. The molecule has 150 valence electrons. The van der Waals surface area contributed by atoms with Crippen LogP contribution in [0.5, 0.6) is 11.5 Å². The number of ether oxygens (including phenoxy) is 3. The van der Waals surface area contributed by atoms with Gasteiger partial charge in [0.2, 0.25) is 6.79 Å². The minimum absolute atomic E-state index is 0.109. The molecule has 8 nitrogen and oxygen atoms in total. The lowest BCUT2D eigenvalue weighted by molar-refractivity contribution is 0.0525. The monoisotopic (exact) mass is 396 g/mol. The maximum absolute atomic E-state index is 13.5. The molecule has 3 aromatic rings. The van der Waals surface area contributed by atoms with Crippen LogP contribution < -0.4 is 15.0 Å². The summed E-state index contributed by atoms with van der Waals surface area (Å²) in [5.41, 5.74) is 2.02. The van der Waals surface area contributed by atoms with E-state index in [4.69, 9.17) is 14.2 Å². The predicted molar refractivity (Wildman–Crippen MR) is 105 cm³/mol. The lowest BCUT2D eigenvalue weighted by atomic mass is 9.98. The van der Waals surface area contributed by atoms with Crippen LogP contribution in [0.15, 0.2) is 29.1 Å². The van der Waals surface area contributed by atoms with E-state index in [0.29, 0.717) is 44.8 Å². The molecule has 0 unspecified atom stereocenters. The summed E-state index contributed by atoms with van der Waals surface area (Å²) in [6, 6.07) is 6.71. The molecule has 0 radical (unpaired) electrons. The van der Waals surface area contributed by atoms with Crippen molar-refractivity contribution in [3.05, 3.63) is 57.1 Å². The Morgan fingerprint density at radius 3 is 2.72 bits per heavy atom. The quantitative estimate of drug-likeness (QED) is 0.676. The molecule has 0 fully saturated rings. The van der Waals surface area contributed by atoms with Crippen LogP contribution in [0, 0.1) is 13.8 Å². The fourth-order valence-corrected chi connectivity index (χ4v) is 3.65. The molecule has 1 aromatic heterocycles. The maximum atomic E-state index is 13.5. The lowest BCUT2D eigenvalue weighted by Crippen LogP contribution is -2.25. The molecule has 0 saturated heterocycles. The highest BCUT2D eigenvalue weighted by molar-refractivity contribution is 5.99. The molecular weight excluding hydrogens is 376 g/mol. The number of nitrogens with zero attached hydrogens (tertiary/aromatic N) is 2. The van der Waals surface area contributed by atoms with Crippen LogP contribution in [-0.2, 0) is 11.3 Å². The molecule has 1 aliphatic rings. The van der Waals surface area contributed by atoms with Crippen molar-refractivity contribution in [3.63, 3.8) is 0 Å². The van der Waals surface area contributed by atoms with E-state index in [1.54, 1.807) is 45.0 Å². The first-order chi connectivity index (χ1) is 14.0. The topological polar surface area (TPSA) is 99.9 Å². The number of rotatable bonds is 4. The zero-order chi connectivity index (χ0) is 20.7. The second-order valence-corrected chi connectivity index (χ2v) is 6.67. The van der Waals surface area contributed by atoms with Gasteiger partial charge in [0.15, 0.2) is 11.5 Å². The van der Waals surface area contributed by atoms with E-state index >= 15 is 0 Å². The zero-order valence-corrected chi connectivity index (χ0v) is 16.3. The van der Waals surface area contributed by atoms with Crippen molar-refractivity contribution in [2.24, 2.45) is 0 Å². The molecule has 0 amide bonds. The average molecular weight is 396 g/mol. The number of hydrogen-bond acceptors (Lipinski definition) is 7. The minimum Gasteiger partial charge on any atom is -0.462 e. The standard InChI is InChI=1S/C21H20N2O6/c1-4-27-21(26)18-11(2)7-14-19(12(18)3)20(25)23(17(9-24)22-14)13-5-6-15-16(8-13)29-10-28-15/h5-8,24H,4,9-10H2,1-3H3. The molecule has 0 bridgehead atoms. The van der Waals surface area contributed by atoms with Crippen LogP contribution >= 0.6 is 0 Å². The second kappa shape index (κ2) is 7.21. The van der Waals surface area contributed by atoms with Gasteiger partial charge < -0.3 is 19.3 Å². The van der Waals surface area contributed by atoms with Crippen molar-refractivity contribution < 1.29 is 24.1 Å². The van der Waals surface area contributed by atoms with Crippen LogP contribution in [0.1, 0.15) is 34.2 Å². The number of aliphatic hydroxyl groups excluding tert-OH is 1. The largest absolute Gasteiger partial charge is 0.462 e. The van der Waals surface area contributed by atoms with Crippen molar-refractivity contribution >= 4 is 16.9 Å². The predicted octanol–water partition coefficient (Wildman–Crippen LogP) is 2.40. The van der Waals surface area contributed by atoms with Gasteiger partial charge in [-0.05, 0) is 50.1 Å². The van der Waals surface area contributed by atoms with E-state index in [2.05, 4.69) is 4.98 Å². The number of carbonyl (C=O) groups excluding carboxylic acids is 1. The smallest absolute Gasteiger partial charge is 0.338 e. The number of aromatic nitrogens is 2. The number of fused-ring (bicyclic) bond motifs is 2. The van der Waals surface area contributed by atoms with Gasteiger partial charge in [-0.3, -0.25) is 9.36 Å². The summed E-state index contributed by atoms with van der Waals surface area (Å²) in [5.74, 6) is 0.789. The molecule has 1 aliphatic heterocycles. The van der Waals surface area contributed by atoms with E-state index in [1.807, 2.05) is 0 Å². The van der Waals surface area contributed by atoms with E-state index in [1.165, 1.54) is 4.57 Å². The Balaban J connectivity index is 2.02. The lowest BCUT2D eigenvalue weighted by Gasteiger charge is -2.16. The van der Waals surface area contributed by atoms with Crippen molar-refractivity contribution in [3.8, 4) is 17.2 Å². The van der Waals surface area contributed by atoms with Gasteiger partial charge in [0, 0.05) is 6.07 Å². The average Bonchev–Trinajstić information content (AvgIpc) is 3.15. The number of carbonyl (C=O) groups is 1. The summed E-state index contributed by atoms with van der Waals surface area (Å²) in [6.45, 7) is 5.11. The molecule has 0 spiro atoms. The van der Waals surface area contributed by atoms with E-state index in [0.717, 1.165) is 0 Å². The summed E-state index contributed by atoms with van der Waals surface area (Å²) in [6.07, 6.45) is 0. The Morgan fingerprint density at radius 1 is 1.24 bits per heavy atom. The van der Waals surface area contributed by atoms with Crippen LogP contribution in [0.4, 0.5) is 0 Å². The normalized spacial score (nSPS) is 12.4. The Morgan fingerprint density at radius 2 is 2.00 bits per heavy atom. The van der Waals surface area contributed by atoms with Gasteiger partial charge in [-0.15, -0.1) is 0 Å². The van der Waals surface area contributed by atoms with Crippen LogP contribution in [0.3, 0.4) is 0 Å². The molecular formula is C21H20N2O6. The fourth-order valence-electron chi connectivity index (χ4n) is 3.65. The molecule has 2 aromatic carbocycles. The Kier molecular flexibility index (Phi) is 4.71. The molecule has 8 heteroatoms. The molecule has 29 heavy (non-hydrogen) atoms. The summed E-state index contributed by atoms with van der Waals surface area (Å²) >= 11 is 0. The summed E-state index contributed by atoms with van der Waals surface area (Å²) in [4.78, 5) is 30.4. The van der Waals surface area contributed by atoms with Crippen molar-refractivity contribution in [2.75, 3.05) is 13.4 Å². The first-order valence-electron chi connectivity index (χ1n) is 9.20. The number of hydrogen-bond donors (Lipinski definition) is 1. The number of aryl methyl sites for hydroxylation is 2. The highest BCUT2D eigenvalue weighted by atomic mass is 16.7. The van der Waals surface area contributed by atoms with Crippen molar-refractivity contribution in [1.82, 2.24) is 9.55 Å². The van der Waals surface area contributed by atoms with Crippen LogP contribution in [-0.4, -0.2) is 34.0 Å². The maximum Gasteiger partial charge on any atom is 0.338 e. The van der Waals surface area contributed by atoms with Gasteiger partial charge in [-0.25, -0.2) is 9.78 Å². The zero-order valence-electron chi connectivity index (χ0n) is 16.3. The highest BCUT2D eigenvalue weighted by Crippen LogP contribution is 2.34. The number of aliphatic hydroxyl groups is 1.